The van der Waals surface area contributed by atoms with Gasteiger partial charge < -0.3 is 5.32 Å². The molecule has 0 amide bonds. The van der Waals surface area contributed by atoms with Crippen molar-refractivity contribution in [1.29, 1.82) is 0 Å². The van der Waals surface area contributed by atoms with Crippen molar-refractivity contribution in [3.63, 3.8) is 0 Å². The Morgan fingerprint density at radius 2 is 1.58 bits per heavy atom. The van der Waals surface area contributed by atoms with Gasteiger partial charge in [-0.05, 0) is 49.3 Å². The Labute approximate surface area is 117 Å². The van der Waals surface area contributed by atoms with E-state index in [2.05, 4.69) is 39.9 Å². The molecule has 0 saturated carbocycles. The molecule has 1 aromatic rings. The van der Waals surface area contributed by atoms with Gasteiger partial charge in [0.1, 0.15) is 5.82 Å². The number of halogens is 1. The second kappa shape index (κ2) is 7.64. The van der Waals surface area contributed by atoms with E-state index < -0.39 is 0 Å². The van der Waals surface area contributed by atoms with Crippen molar-refractivity contribution >= 4 is 0 Å². The van der Waals surface area contributed by atoms with Crippen LogP contribution >= 0.6 is 0 Å². The van der Waals surface area contributed by atoms with Crippen molar-refractivity contribution in [2.24, 2.45) is 17.8 Å². The summed E-state index contributed by atoms with van der Waals surface area (Å²) in [6.45, 7) is 12.2. The van der Waals surface area contributed by atoms with Crippen LogP contribution in [-0.4, -0.2) is 12.6 Å². The lowest BCUT2D eigenvalue weighted by molar-refractivity contribution is 0.267. The molecule has 0 heterocycles. The molecular weight excluding hydrogens is 237 g/mol. The van der Waals surface area contributed by atoms with E-state index in [9.17, 15) is 4.39 Å². The summed E-state index contributed by atoms with van der Waals surface area (Å²) < 4.78 is 13.6. The second-order valence-electron chi connectivity index (χ2n) is 6.26. The number of rotatable bonds is 7. The van der Waals surface area contributed by atoms with Crippen LogP contribution in [0.2, 0.25) is 0 Å². The molecule has 0 aliphatic carbocycles. The molecule has 0 aromatic heterocycles. The van der Waals surface area contributed by atoms with Crippen LogP contribution in [-0.2, 0) is 6.42 Å². The molecule has 1 N–H and O–H groups in total. The Bertz CT molecular complexity index is 365. The van der Waals surface area contributed by atoms with Gasteiger partial charge in [-0.1, -0.05) is 45.9 Å². The lowest BCUT2D eigenvalue weighted by Gasteiger charge is -2.27. The molecule has 1 nitrogen and oxygen atoms in total. The summed E-state index contributed by atoms with van der Waals surface area (Å²) in [7, 11) is 0. The highest BCUT2D eigenvalue weighted by Crippen LogP contribution is 2.19. The van der Waals surface area contributed by atoms with E-state index >= 15 is 0 Å². The van der Waals surface area contributed by atoms with E-state index in [1.807, 2.05) is 12.1 Å². The van der Waals surface area contributed by atoms with Crippen LogP contribution in [0.15, 0.2) is 24.3 Å². The van der Waals surface area contributed by atoms with Gasteiger partial charge >= 0.3 is 0 Å². The number of nitrogens with one attached hydrogen (secondary N) is 1. The Morgan fingerprint density at radius 3 is 2.11 bits per heavy atom. The molecule has 2 heteroatoms. The number of hydrogen-bond acceptors (Lipinski definition) is 1. The third-order valence-electron chi connectivity index (χ3n) is 3.90. The fourth-order valence-electron chi connectivity index (χ4n) is 2.64. The lowest BCUT2D eigenvalue weighted by atomic mass is 9.85. The third-order valence-corrected chi connectivity index (χ3v) is 3.90. The Morgan fingerprint density at radius 1 is 1.00 bits per heavy atom. The maximum Gasteiger partial charge on any atom is 0.126 e. The minimum Gasteiger partial charge on any atom is -0.314 e. The van der Waals surface area contributed by atoms with E-state index in [4.69, 9.17) is 0 Å². The zero-order chi connectivity index (χ0) is 14.4. The lowest BCUT2D eigenvalue weighted by Crippen LogP contribution is -2.36. The third kappa shape index (κ3) is 5.32. The number of hydrogen-bond donors (Lipinski definition) is 1. The summed E-state index contributed by atoms with van der Waals surface area (Å²) >= 11 is 0. The fourth-order valence-corrected chi connectivity index (χ4v) is 2.64. The van der Waals surface area contributed by atoms with Gasteiger partial charge in [0, 0.05) is 6.04 Å². The first-order chi connectivity index (χ1) is 8.91. The summed E-state index contributed by atoms with van der Waals surface area (Å²) in [5.74, 6) is 1.92. The highest BCUT2D eigenvalue weighted by Gasteiger charge is 2.18. The summed E-state index contributed by atoms with van der Waals surface area (Å²) in [6.07, 6.45) is 0.746. The first-order valence-corrected chi connectivity index (χ1v) is 7.38. The summed E-state index contributed by atoms with van der Waals surface area (Å²) in [5.41, 5.74) is 0.799. The normalized spacial score (nSPS) is 13.5. The molecule has 108 valence electrons. The molecule has 19 heavy (non-hydrogen) atoms. The van der Waals surface area contributed by atoms with Gasteiger partial charge in [0.2, 0.25) is 0 Å². The molecule has 0 aliphatic rings. The zero-order valence-corrected chi connectivity index (χ0v) is 12.9. The smallest absolute Gasteiger partial charge is 0.126 e. The SMILES string of the molecule is CC(Cc1ccccc1F)NCC(C(C)C)C(C)C. The van der Waals surface area contributed by atoms with Gasteiger partial charge in [-0.25, -0.2) is 4.39 Å². The molecular formula is C17H28FN. The zero-order valence-electron chi connectivity index (χ0n) is 12.9. The van der Waals surface area contributed by atoms with E-state index in [1.54, 1.807) is 6.07 Å². The maximum absolute atomic E-state index is 13.6. The minimum absolute atomic E-state index is 0.0968. The molecule has 0 radical (unpaired) electrons. The van der Waals surface area contributed by atoms with Crippen LogP contribution in [0.25, 0.3) is 0 Å². The highest BCUT2D eigenvalue weighted by atomic mass is 19.1. The molecule has 1 unspecified atom stereocenters. The first-order valence-electron chi connectivity index (χ1n) is 7.38. The van der Waals surface area contributed by atoms with Crippen molar-refractivity contribution < 1.29 is 4.39 Å². The second-order valence-corrected chi connectivity index (χ2v) is 6.26. The Balaban J connectivity index is 2.47. The van der Waals surface area contributed by atoms with E-state index in [0.717, 1.165) is 18.5 Å². The quantitative estimate of drug-likeness (QED) is 0.776. The van der Waals surface area contributed by atoms with Crippen molar-refractivity contribution in [3.05, 3.63) is 35.6 Å². The monoisotopic (exact) mass is 265 g/mol. The predicted octanol–water partition coefficient (Wildman–Crippen LogP) is 4.27. The van der Waals surface area contributed by atoms with E-state index in [0.29, 0.717) is 23.8 Å². The fraction of sp³-hybridized carbons (Fsp3) is 0.647. The van der Waals surface area contributed by atoms with Crippen LogP contribution in [0.1, 0.15) is 40.2 Å². The number of benzene rings is 1. The van der Waals surface area contributed by atoms with Gasteiger partial charge in [0.25, 0.3) is 0 Å². The summed E-state index contributed by atoms with van der Waals surface area (Å²) in [4.78, 5) is 0. The van der Waals surface area contributed by atoms with E-state index in [-0.39, 0.29) is 5.82 Å². The Kier molecular flexibility index (Phi) is 6.50. The van der Waals surface area contributed by atoms with Gasteiger partial charge in [-0.15, -0.1) is 0 Å². The van der Waals surface area contributed by atoms with Crippen LogP contribution in [0.3, 0.4) is 0 Å². The highest BCUT2D eigenvalue weighted by molar-refractivity contribution is 5.18. The van der Waals surface area contributed by atoms with Crippen molar-refractivity contribution in [3.8, 4) is 0 Å². The van der Waals surface area contributed by atoms with Gasteiger partial charge in [-0.2, -0.15) is 0 Å². The van der Waals surface area contributed by atoms with Crippen LogP contribution in [0, 0.1) is 23.6 Å². The van der Waals surface area contributed by atoms with Crippen molar-refractivity contribution in [1.82, 2.24) is 5.32 Å². The minimum atomic E-state index is -0.0968. The first kappa shape index (κ1) is 16.2. The maximum atomic E-state index is 13.6. The summed E-state index contributed by atoms with van der Waals surface area (Å²) in [5, 5.41) is 3.55. The topological polar surface area (TPSA) is 12.0 Å². The van der Waals surface area contributed by atoms with Crippen LogP contribution in [0.4, 0.5) is 4.39 Å². The standard InChI is InChI=1S/C17H28FN/c1-12(2)16(13(3)4)11-19-14(5)10-15-8-6-7-9-17(15)18/h6-9,12-14,16,19H,10-11H2,1-5H3. The van der Waals surface area contributed by atoms with Crippen molar-refractivity contribution in [2.45, 2.75) is 47.1 Å². The van der Waals surface area contributed by atoms with E-state index in [1.165, 1.54) is 6.07 Å². The molecule has 1 aromatic carbocycles. The largest absolute Gasteiger partial charge is 0.314 e. The predicted molar refractivity (Wildman–Crippen MR) is 80.7 cm³/mol. The average Bonchev–Trinajstić information content (AvgIpc) is 2.31. The molecule has 0 bridgehead atoms. The molecule has 1 rings (SSSR count). The molecule has 0 spiro atoms. The van der Waals surface area contributed by atoms with Crippen LogP contribution in [0.5, 0.6) is 0 Å². The van der Waals surface area contributed by atoms with Gasteiger partial charge in [-0.3, -0.25) is 0 Å². The molecule has 1 atom stereocenters. The van der Waals surface area contributed by atoms with Crippen molar-refractivity contribution in [2.75, 3.05) is 6.54 Å². The summed E-state index contributed by atoms with van der Waals surface area (Å²) in [6, 6.07) is 7.35. The molecule has 0 fully saturated rings. The Hall–Kier alpha value is -0.890. The van der Waals surface area contributed by atoms with Crippen LogP contribution < -0.4 is 5.32 Å². The molecule has 0 aliphatic heterocycles. The van der Waals surface area contributed by atoms with Gasteiger partial charge in [0.15, 0.2) is 0 Å². The molecule has 0 saturated heterocycles. The average molecular weight is 265 g/mol. The van der Waals surface area contributed by atoms with Gasteiger partial charge in [0.05, 0.1) is 0 Å².